The molecule has 0 N–H and O–H groups in total. The van der Waals surface area contributed by atoms with E-state index in [1.807, 2.05) is 29.6 Å². The lowest BCUT2D eigenvalue weighted by atomic mass is 10.1. The molecule has 2 aromatic rings. The van der Waals surface area contributed by atoms with Gasteiger partial charge in [-0.3, -0.25) is 0 Å². The fraction of sp³-hybridized carbons (Fsp3) is 0.0769. The van der Waals surface area contributed by atoms with Crippen molar-refractivity contribution >= 4 is 33.5 Å². The molecule has 0 saturated carbocycles. The minimum atomic E-state index is 0.298. The molecule has 0 atom stereocenters. The van der Waals surface area contributed by atoms with Crippen LogP contribution in [-0.4, -0.2) is 6.21 Å². The monoisotopic (exact) mass is 320 g/mol. The molecule has 0 fully saturated rings. The molecule has 0 spiro atoms. The Labute approximate surface area is 117 Å². The predicted molar refractivity (Wildman–Crippen MR) is 75.6 cm³/mol. The van der Waals surface area contributed by atoms with Crippen LogP contribution < -0.4 is 0 Å². The molecule has 0 aliphatic rings. The van der Waals surface area contributed by atoms with Crippen LogP contribution >= 0.6 is 27.3 Å². The van der Waals surface area contributed by atoms with Crippen molar-refractivity contribution < 1.29 is 4.84 Å². The number of oxime groups is 1. The van der Waals surface area contributed by atoms with Gasteiger partial charge in [-0.25, -0.2) is 0 Å². The molecule has 0 bridgehead atoms. The third-order valence-corrected chi connectivity index (χ3v) is 3.83. The van der Waals surface area contributed by atoms with Gasteiger partial charge in [-0.1, -0.05) is 23.4 Å². The largest absolute Gasteiger partial charge is 0.391 e. The van der Waals surface area contributed by atoms with Gasteiger partial charge in [0.05, 0.1) is 17.8 Å². The SMILES string of the molecule is N#Cc1ccccc1CO/N=C\c1cc(Br)cs1. The molecule has 0 aliphatic carbocycles. The predicted octanol–water partition coefficient (Wildman–Crippen LogP) is 3.93. The summed E-state index contributed by atoms with van der Waals surface area (Å²) >= 11 is 4.94. The van der Waals surface area contributed by atoms with E-state index in [0.29, 0.717) is 12.2 Å². The molecule has 90 valence electrons. The van der Waals surface area contributed by atoms with E-state index in [2.05, 4.69) is 27.2 Å². The normalized spacial score (nSPS) is 10.4. The fourth-order valence-electron chi connectivity index (χ4n) is 1.35. The van der Waals surface area contributed by atoms with E-state index in [0.717, 1.165) is 14.9 Å². The molecule has 1 heterocycles. The minimum Gasteiger partial charge on any atom is -0.391 e. The highest BCUT2D eigenvalue weighted by Crippen LogP contribution is 2.18. The number of hydrogen-bond acceptors (Lipinski definition) is 4. The Morgan fingerprint density at radius 1 is 1.44 bits per heavy atom. The Hall–Kier alpha value is -1.64. The zero-order valence-electron chi connectivity index (χ0n) is 9.34. The van der Waals surface area contributed by atoms with Gasteiger partial charge >= 0.3 is 0 Å². The lowest BCUT2D eigenvalue weighted by molar-refractivity contribution is 0.132. The van der Waals surface area contributed by atoms with Crippen molar-refractivity contribution in [1.29, 1.82) is 5.26 Å². The van der Waals surface area contributed by atoms with Gasteiger partial charge in [-0.05, 0) is 28.1 Å². The molecule has 3 nitrogen and oxygen atoms in total. The maximum Gasteiger partial charge on any atom is 0.143 e. The summed E-state index contributed by atoms with van der Waals surface area (Å²) in [4.78, 5) is 6.19. The quantitative estimate of drug-likeness (QED) is 0.632. The third-order valence-electron chi connectivity index (χ3n) is 2.20. The van der Waals surface area contributed by atoms with Crippen LogP contribution in [0.25, 0.3) is 0 Å². The van der Waals surface area contributed by atoms with E-state index in [1.54, 1.807) is 23.6 Å². The first kappa shape index (κ1) is 12.8. The topological polar surface area (TPSA) is 45.4 Å². The molecule has 1 aromatic heterocycles. The third kappa shape index (κ3) is 3.42. The van der Waals surface area contributed by atoms with Gasteiger partial charge in [-0.2, -0.15) is 5.26 Å². The van der Waals surface area contributed by atoms with E-state index < -0.39 is 0 Å². The number of thiophene rings is 1. The van der Waals surface area contributed by atoms with Crippen LogP contribution in [0.3, 0.4) is 0 Å². The molecular formula is C13H9BrN2OS. The number of benzene rings is 1. The molecular weight excluding hydrogens is 312 g/mol. The summed E-state index contributed by atoms with van der Waals surface area (Å²) in [5.41, 5.74) is 1.45. The highest BCUT2D eigenvalue weighted by atomic mass is 79.9. The van der Waals surface area contributed by atoms with Gasteiger partial charge in [0.1, 0.15) is 6.61 Å². The number of nitrogens with zero attached hydrogens (tertiary/aromatic N) is 2. The number of rotatable bonds is 4. The highest BCUT2D eigenvalue weighted by Gasteiger charge is 2.00. The molecule has 0 unspecified atom stereocenters. The lowest BCUT2D eigenvalue weighted by Crippen LogP contribution is -1.91. The van der Waals surface area contributed by atoms with Crippen LogP contribution in [0.4, 0.5) is 0 Å². The summed E-state index contributed by atoms with van der Waals surface area (Å²) in [7, 11) is 0. The second-order valence-electron chi connectivity index (χ2n) is 3.44. The summed E-state index contributed by atoms with van der Waals surface area (Å²) in [6.45, 7) is 0.298. The fourth-order valence-corrected chi connectivity index (χ4v) is 2.64. The van der Waals surface area contributed by atoms with Crippen molar-refractivity contribution in [2.75, 3.05) is 0 Å². The van der Waals surface area contributed by atoms with Crippen LogP contribution in [0, 0.1) is 11.3 Å². The maximum atomic E-state index is 8.91. The zero-order valence-corrected chi connectivity index (χ0v) is 11.7. The highest BCUT2D eigenvalue weighted by molar-refractivity contribution is 9.10. The first-order valence-electron chi connectivity index (χ1n) is 5.17. The Morgan fingerprint density at radius 2 is 2.28 bits per heavy atom. The van der Waals surface area contributed by atoms with Gasteiger partial charge in [0.2, 0.25) is 0 Å². The summed E-state index contributed by atoms with van der Waals surface area (Å²) in [5, 5.41) is 14.8. The van der Waals surface area contributed by atoms with Crippen molar-refractivity contribution in [1.82, 2.24) is 0 Å². The lowest BCUT2D eigenvalue weighted by Gasteiger charge is -2.01. The van der Waals surface area contributed by atoms with Crippen LogP contribution in [0.15, 0.2) is 45.3 Å². The van der Waals surface area contributed by atoms with E-state index in [4.69, 9.17) is 10.1 Å². The molecule has 0 saturated heterocycles. The Kier molecular flexibility index (Phi) is 4.51. The van der Waals surface area contributed by atoms with E-state index in [-0.39, 0.29) is 0 Å². The zero-order chi connectivity index (χ0) is 12.8. The molecule has 2 rings (SSSR count). The molecule has 1 aromatic carbocycles. The van der Waals surface area contributed by atoms with Crippen molar-refractivity contribution in [3.05, 3.63) is 56.2 Å². The first-order valence-corrected chi connectivity index (χ1v) is 6.84. The standard InChI is InChI=1S/C13H9BrN2OS/c14-12-5-13(18-9-12)7-16-17-8-11-4-2-1-3-10(11)6-15/h1-5,7,9H,8H2/b16-7-. The summed E-state index contributed by atoms with van der Waals surface area (Å²) in [6, 6.07) is 11.4. The average molecular weight is 321 g/mol. The van der Waals surface area contributed by atoms with Gasteiger partial charge < -0.3 is 4.84 Å². The first-order chi connectivity index (χ1) is 8.79. The summed E-state index contributed by atoms with van der Waals surface area (Å²) in [5.74, 6) is 0. The number of nitriles is 1. The second kappa shape index (κ2) is 6.34. The average Bonchev–Trinajstić information content (AvgIpc) is 2.81. The van der Waals surface area contributed by atoms with Crippen molar-refractivity contribution in [3.8, 4) is 6.07 Å². The van der Waals surface area contributed by atoms with Gasteiger partial charge in [0.25, 0.3) is 0 Å². The van der Waals surface area contributed by atoms with E-state index in [1.165, 1.54) is 0 Å². The second-order valence-corrected chi connectivity index (χ2v) is 5.30. The van der Waals surface area contributed by atoms with E-state index >= 15 is 0 Å². The Bertz CT molecular complexity index is 601. The summed E-state index contributed by atoms with van der Waals surface area (Å²) in [6.07, 6.45) is 1.66. The van der Waals surface area contributed by atoms with Crippen LogP contribution in [0.5, 0.6) is 0 Å². The van der Waals surface area contributed by atoms with Crippen molar-refractivity contribution in [2.24, 2.45) is 5.16 Å². The van der Waals surface area contributed by atoms with Crippen LogP contribution in [0.1, 0.15) is 16.0 Å². The van der Waals surface area contributed by atoms with Crippen molar-refractivity contribution in [3.63, 3.8) is 0 Å². The number of halogens is 1. The summed E-state index contributed by atoms with van der Waals surface area (Å²) < 4.78 is 1.03. The van der Waals surface area contributed by atoms with Crippen LogP contribution in [0.2, 0.25) is 0 Å². The maximum absolute atomic E-state index is 8.91. The van der Waals surface area contributed by atoms with Crippen LogP contribution in [-0.2, 0) is 11.4 Å². The number of hydrogen-bond donors (Lipinski definition) is 0. The van der Waals surface area contributed by atoms with E-state index in [9.17, 15) is 0 Å². The van der Waals surface area contributed by atoms with Crippen molar-refractivity contribution in [2.45, 2.75) is 6.61 Å². The van der Waals surface area contributed by atoms with Gasteiger partial charge in [0.15, 0.2) is 0 Å². The Balaban J connectivity index is 1.93. The molecule has 5 heteroatoms. The molecule has 0 radical (unpaired) electrons. The minimum absolute atomic E-state index is 0.298. The molecule has 0 aliphatic heterocycles. The van der Waals surface area contributed by atoms with Gasteiger partial charge in [-0.15, -0.1) is 11.3 Å². The molecule has 18 heavy (non-hydrogen) atoms. The molecule has 0 amide bonds. The van der Waals surface area contributed by atoms with Gasteiger partial charge in [0, 0.05) is 20.3 Å². The Morgan fingerprint density at radius 3 is 3.00 bits per heavy atom. The smallest absolute Gasteiger partial charge is 0.143 e.